The van der Waals surface area contributed by atoms with Gasteiger partial charge in [-0.3, -0.25) is 9.98 Å². The second-order valence-electron chi connectivity index (χ2n) is 5.86. The van der Waals surface area contributed by atoms with Gasteiger partial charge in [-0.05, 0) is 35.4 Å². The second kappa shape index (κ2) is 7.60. The zero-order chi connectivity index (χ0) is 16.8. The molecule has 0 aliphatic carbocycles. The molecule has 3 rings (SSSR count). The number of hydrogen-bond donors (Lipinski definition) is 0. The largest absolute Gasteiger partial charge is 0.256 e. The molecule has 24 heavy (non-hydrogen) atoms. The molecule has 3 aromatic rings. The monoisotopic (exact) mass is 308 g/mol. The van der Waals surface area contributed by atoms with Gasteiger partial charge in [0.15, 0.2) is 0 Å². The van der Waals surface area contributed by atoms with E-state index in [2.05, 4.69) is 62.1 Å². The Morgan fingerprint density at radius 1 is 0.583 bits per heavy atom. The number of rotatable bonds is 4. The molecule has 0 saturated carbocycles. The molecule has 0 aromatic heterocycles. The van der Waals surface area contributed by atoms with Crippen LogP contribution in [0.25, 0.3) is 0 Å². The Labute approximate surface area is 144 Å². The highest BCUT2D eigenvalue weighted by Crippen LogP contribution is 2.18. The fourth-order valence-electron chi connectivity index (χ4n) is 2.42. The summed E-state index contributed by atoms with van der Waals surface area (Å²) < 4.78 is 0. The zero-order valence-electron chi connectivity index (χ0n) is 14.0. The van der Waals surface area contributed by atoms with Gasteiger partial charge in [0.1, 0.15) is 15.7 Å². The van der Waals surface area contributed by atoms with E-state index in [1.165, 1.54) is 10.9 Å². The van der Waals surface area contributed by atoms with Crippen molar-refractivity contribution in [3.63, 3.8) is 0 Å². The normalized spacial score (nSPS) is 11.3. The first-order chi connectivity index (χ1) is 11.7. The summed E-state index contributed by atoms with van der Waals surface area (Å²) in [4.78, 5) is 9.02. The molecule has 0 saturated heterocycles. The van der Waals surface area contributed by atoms with E-state index in [1.807, 2.05) is 48.8 Å². The lowest BCUT2D eigenvalue weighted by Crippen LogP contribution is -2.01. The third-order valence-corrected chi connectivity index (χ3v) is 3.66. The lowest BCUT2D eigenvalue weighted by molar-refractivity contribution is 1.48. The Morgan fingerprint density at radius 2 is 1.00 bits per heavy atom. The number of nitrogens with zero attached hydrogens (tertiary/aromatic N) is 2. The average molecular weight is 308 g/mol. The van der Waals surface area contributed by atoms with Crippen molar-refractivity contribution in [2.24, 2.45) is 9.98 Å². The molecule has 0 atom stereocenters. The first-order valence-electron chi connectivity index (χ1n) is 8.01. The quantitative estimate of drug-likeness (QED) is 0.518. The van der Waals surface area contributed by atoms with Crippen LogP contribution in [-0.2, 0) is 0 Å². The predicted molar refractivity (Wildman–Crippen MR) is 110 cm³/mol. The van der Waals surface area contributed by atoms with Crippen molar-refractivity contribution in [1.29, 1.82) is 0 Å². The molecule has 114 valence electrons. The lowest BCUT2D eigenvalue weighted by Gasteiger charge is -1.98. The number of benzene rings is 3. The van der Waals surface area contributed by atoms with Crippen LogP contribution in [0.1, 0.15) is 11.1 Å². The molecule has 0 fully saturated rings. The zero-order valence-corrected chi connectivity index (χ0v) is 14.0. The van der Waals surface area contributed by atoms with Crippen LogP contribution in [0.15, 0.2) is 82.8 Å². The molecule has 3 aromatic carbocycles. The molecule has 0 aliphatic heterocycles. The maximum Gasteiger partial charge on any atom is 0.139 e. The van der Waals surface area contributed by atoms with Gasteiger partial charge < -0.3 is 0 Å². The minimum absolute atomic E-state index is 0.922. The van der Waals surface area contributed by atoms with Crippen molar-refractivity contribution in [1.82, 2.24) is 0 Å². The minimum Gasteiger partial charge on any atom is -0.256 e. The summed E-state index contributed by atoms with van der Waals surface area (Å²) in [5.74, 6) is 0. The van der Waals surface area contributed by atoms with E-state index in [4.69, 9.17) is 0 Å². The summed E-state index contributed by atoms with van der Waals surface area (Å²) in [5, 5.41) is 0. The van der Waals surface area contributed by atoms with Crippen LogP contribution in [0, 0.1) is 0 Å². The van der Waals surface area contributed by atoms with Crippen molar-refractivity contribution in [3.05, 3.63) is 83.9 Å². The van der Waals surface area contributed by atoms with Gasteiger partial charge in [-0.2, -0.15) is 0 Å². The molecule has 0 amide bonds. The molecule has 2 nitrogen and oxygen atoms in total. The van der Waals surface area contributed by atoms with Gasteiger partial charge in [0.25, 0.3) is 0 Å². The van der Waals surface area contributed by atoms with Gasteiger partial charge in [-0.1, -0.05) is 59.5 Å². The molecular formula is C20H18B2N2. The third kappa shape index (κ3) is 4.56. The van der Waals surface area contributed by atoms with Crippen LogP contribution in [0.5, 0.6) is 0 Å². The van der Waals surface area contributed by atoms with Crippen molar-refractivity contribution >= 4 is 50.4 Å². The smallest absolute Gasteiger partial charge is 0.139 e. The molecule has 0 spiro atoms. The van der Waals surface area contributed by atoms with E-state index in [0.29, 0.717) is 0 Å². The highest BCUT2D eigenvalue weighted by atomic mass is 14.7. The van der Waals surface area contributed by atoms with E-state index in [9.17, 15) is 0 Å². The van der Waals surface area contributed by atoms with Crippen LogP contribution in [-0.4, -0.2) is 28.1 Å². The van der Waals surface area contributed by atoms with Crippen LogP contribution < -0.4 is 10.9 Å². The van der Waals surface area contributed by atoms with Gasteiger partial charge >= 0.3 is 0 Å². The summed E-state index contributed by atoms with van der Waals surface area (Å²) in [6.07, 6.45) is 3.77. The summed E-state index contributed by atoms with van der Waals surface area (Å²) >= 11 is 0. The van der Waals surface area contributed by atoms with E-state index in [0.717, 1.165) is 22.5 Å². The lowest BCUT2D eigenvalue weighted by atomic mass is 9.95. The molecule has 0 bridgehead atoms. The van der Waals surface area contributed by atoms with E-state index < -0.39 is 0 Å². The van der Waals surface area contributed by atoms with Crippen molar-refractivity contribution in [2.75, 3.05) is 0 Å². The van der Waals surface area contributed by atoms with Gasteiger partial charge in [0.2, 0.25) is 0 Å². The average Bonchev–Trinajstić information content (AvgIpc) is 2.59. The van der Waals surface area contributed by atoms with E-state index in [1.54, 1.807) is 0 Å². The molecule has 0 heterocycles. The Balaban J connectivity index is 1.69. The Bertz CT molecular complexity index is 810. The van der Waals surface area contributed by atoms with Crippen LogP contribution >= 0.6 is 0 Å². The van der Waals surface area contributed by atoms with E-state index >= 15 is 0 Å². The van der Waals surface area contributed by atoms with Gasteiger partial charge in [0.05, 0.1) is 11.4 Å². The van der Waals surface area contributed by atoms with Crippen molar-refractivity contribution < 1.29 is 0 Å². The number of aliphatic imine (C=N–C) groups is 2. The van der Waals surface area contributed by atoms with E-state index in [-0.39, 0.29) is 0 Å². The summed E-state index contributed by atoms with van der Waals surface area (Å²) in [6, 6.07) is 24.5. The third-order valence-electron chi connectivity index (χ3n) is 3.66. The standard InChI is InChI=1S/C20H18B2N2/c21-17-5-1-3-15(11-17)13-23-19-7-9-20(10-8-19)24-14-16-4-2-6-18(22)12-16/h1-14H,21-22H2/b23-13+,24-14+. The second-order valence-corrected chi connectivity index (χ2v) is 5.86. The Kier molecular flexibility index (Phi) is 5.07. The minimum atomic E-state index is 0.922. The molecule has 0 radical (unpaired) electrons. The van der Waals surface area contributed by atoms with Gasteiger partial charge in [-0.25, -0.2) is 0 Å². The van der Waals surface area contributed by atoms with Crippen molar-refractivity contribution in [2.45, 2.75) is 0 Å². The maximum absolute atomic E-state index is 4.51. The van der Waals surface area contributed by atoms with Crippen LogP contribution in [0.2, 0.25) is 0 Å². The molecule has 0 aliphatic rings. The van der Waals surface area contributed by atoms with Crippen LogP contribution in [0.3, 0.4) is 0 Å². The Hall–Kier alpha value is -2.87. The number of hydrogen-bond acceptors (Lipinski definition) is 2. The van der Waals surface area contributed by atoms with Crippen LogP contribution in [0.4, 0.5) is 11.4 Å². The van der Waals surface area contributed by atoms with Gasteiger partial charge in [-0.15, -0.1) is 0 Å². The summed E-state index contributed by atoms with van der Waals surface area (Å²) in [6.45, 7) is 0. The fourth-order valence-corrected chi connectivity index (χ4v) is 2.42. The van der Waals surface area contributed by atoms with Crippen molar-refractivity contribution in [3.8, 4) is 0 Å². The van der Waals surface area contributed by atoms with Gasteiger partial charge in [0, 0.05) is 12.4 Å². The highest BCUT2D eigenvalue weighted by molar-refractivity contribution is 6.32. The molecule has 0 unspecified atom stereocenters. The molecule has 4 heteroatoms. The first-order valence-corrected chi connectivity index (χ1v) is 8.01. The summed E-state index contributed by atoms with van der Waals surface area (Å²) in [5.41, 5.74) is 6.53. The maximum atomic E-state index is 4.51. The fraction of sp³-hybridized carbons (Fsp3) is 0. The summed E-state index contributed by atoms with van der Waals surface area (Å²) in [7, 11) is 4.16. The first kappa shape index (κ1) is 16.0. The SMILES string of the molecule is Bc1cccc(/C=N/c2ccc(/N=C/c3cccc(B)c3)cc2)c1. The molecule has 0 N–H and O–H groups in total. The molecular weight excluding hydrogens is 290 g/mol. The Morgan fingerprint density at radius 3 is 1.38 bits per heavy atom. The highest BCUT2D eigenvalue weighted by Gasteiger charge is 1.93. The predicted octanol–water partition coefficient (Wildman–Crippen LogP) is 1.70. The topological polar surface area (TPSA) is 24.7 Å².